The minimum Gasteiger partial charge on any atom is -0.464 e. The first-order chi connectivity index (χ1) is 10.9. The molecule has 6 nitrogen and oxygen atoms in total. The molecule has 9 heteroatoms. The lowest BCUT2D eigenvalue weighted by Crippen LogP contribution is -2.30. The standard InChI is InChI=1S/C14H12F3N3O3/c1-2-22-13(21)9(7-18)11(14(15,16)17)20-12-8-4-6-23-10(8)3-5-19-12/h3-7H,2,18H2,1H3. The van der Waals surface area contributed by atoms with E-state index in [0.717, 1.165) is 0 Å². The van der Waals surface area contributed by atoms with E-state index >= 15 is 0 Å². The number of pyridine rings is 1. The molecular weight excluding hydrogens is 315 g/mol. The number of esters is 1. The average Bonchev–Trinajstić information content (AvgIpc) is 2.95. The monoisotopic (exact) mass is 327 g/mol. The fourth-order valence-corrected chi connectivity index (χ4v) is 1.80. The van der Waals surface area contributed by atoms with Crippen LogP contribution in [0.5, 0.6) is 0 Å². The largest absolute Gasteiger partial charge is 0.464 e. The predicted octanol–water partition coefficient (Wildman–Crippen LogP) is 2.87. The minimum absolute atomic E-state index is 0.100. The summed E-state index contributed by atoms with van der Waals surface area (Å²) in [6, 6.07) is 2.90. The summed E-state index contributed by atoms with van der Waals surface area (Å²) in [5.41, 5.74) is 3.11. The topological polar surface area (TPSA) is 90.7 Å². The van der Waals surface area contributed by atoms with Crippen molar-refractivity contribution in [2.75, 3.05) is 6.61 Å². The Morgan fingerprint density at radius 2 is 2.22 bits per heavy atom. The first-order valence-corrected chi connectivity index (χ1v) is 6.46. The van der Waals surface area contributed by atoms with E-state index < -0.39 is 23.4 Å². The molecule has 122 valence electrons. The van der Waals surface area contributed by atoms with Gasteiger partial charge in [0.05, 0.1) is 18.3 Å². The molecule has 23 heavy (non-hydrogen) atoms. The maximum atomic E-state index is 13.3. The van der Waals surface area contributed by atoms with Gasteiger partial charge in [0, 0.05) is 12.4 Å². The SMILES string of the molecule is CCOC(=O)C(=CN)C(=Nc1nccc2occc12)C(F)(F)F. The van der Waals surface area contributed by atoms with Crippen LogP contribution in [-0.2, 0) is 9.53 Å². The highest BCUT2D eigenvalue weighted by molar-refractivity contribution is 6.22. The molecule has 0 spiro atoms. The van der Waals surface area contributed by atoms with Crippen molar-refractivity contribution in [2.24, 2.45) is 10.7 Å². The first kappa shape index (κ1) is 16.5. The number of furan rings is 1. The normalized spacial score (nSPS) is 13.4. The fourth-order valence-electron chi connectivity index (χ4n) is 1.80. The molecule has 0 radical (unpaired) electrons. The minimum atomic E-state index is -4.93. The Morgan fingerprint density at radius 3 is 2.83 bits per heavy atom. The third-order valence-corrected chi connectivity index (χ3v) is 2.76. The molecule has 0 aromatic carbocycles. The summed E-state index contributed by atoms with van der Waals surface area (Å²) in [5.74, 6) is -1.46. The van der Waals surface area contributed by atoms with Gasteiger partial charge >= 0.3 is 12.1 Å². The maximum absolute atomic E-state index is 13.3. The molecule has 0 amide bonds. The van der Waals surface area contributed by atoms with Crippen molar-refractivity contribution in [3.05, 3.63) is 36.4 Å². The van der Waals surface area contributed by atoms with Gasteiger partial charge in [0.25, 0.3) is 0 Å². The van der Waals surface area contributed by atoms with Crippen molar-refractivity contribution in [1.29, 1.82) is 0 Å². The van der Waals surface area contributed by atoms with Crippen LogP contribution in [0.1, 0.15) is 6.92 Å². The third kappa shape index (κ3) is 3.50. The van der Waals surface area contributed by atoms with E-state index in [0.29, 0.717) is 11.8 Å². The molecule has 0 aliphatic rings. The summed E-state index contributed by atoms with van der Waals surface area (Å²) >= 11 is 0. The quantitative estimate of drug-likeness (QED) is 0.530. The van der Waals surface area contributed by atoms with Gasteiger partial charge < -0.3 is 14.9 Å². The molecule has 2 rings (SSSR count). The van der Waals surface area contributed by atoms with Crippen molar-refractivity contribution < 1.29 is 27.1 Å². The van der Waals surface area contributed by atoms with Crippen LogP contribution < -0.4 is 5.73 Å². The molecule has 0 saturated carbocycles. The van der Waals surface area contributed by atoms with Crippen molar-refractivity contribution >= 4 is 28.5 Å². The number of nitrogens with zero attached hydrogens (tertiary/aromatic N) is 2. The predicted molar refractivity (Wildman–Crippen MR) is 76.1 cm³/mol. The number of halogens is 3. The van der Waals surface area contributed by atoms with Gasteiger partial charge in [0.1, 0.15) is 11.2 Å². The van der Waals surface area contributed by atoms with E-state index in [1.165, 1.54) is 31.5 Å². The van der Waals surface area contributed by atoms with E-state index in [9.17, 15) is 18.0 Å². The van der Waals surface area contributed by atoms with E-state index in [2.05, 4.69) is 14.7 Å². The van der Waals surface area contributed by atoms with Crippen LogP contribution in [0.25, 0.3) is 11.0 Å². The van der Waals surface area contributed by atoms with Crippen LogP contribution in [0.2, 0.25) is 0 Å². The number of hydrogen-bond donors (Lipinski definition) is 1. The molecular formula is C14H12F3N3O3. The molecule has 2 aromatic heterocycles. The van der Waals surface area contributed by atoms with E-state index in [1.54, 1.807) is 0 Å². The Labute approximate surface area is 128 Å². The van der Waals surface area contributed by atoms with Gasteiger partial charge in [-0.1, -0.05) is 0 Å². The molecule has 0 aliphatic carbocycles. The Morgan fingerprint density at radius 1 is 1.48 bits per heavy atom. The highest BCUT2D eigenvalue weighted by Crippen LogP contribution is 2.29. The zero-order valence-electron chi connectivity index (χ0n) is 11.9. The Hall–Kier alpha value is -2.84. The van der Waals surface area contributed by atoms with Gasteiger partial charge in [-0.05, 0) is 19.1 Å². The van der Waals surface area contributed by atoms with Crippen LogP contribution in [-0.4, -0.2) is 29.4 Å². The van der Waals surface area contributed by atoms with Gasteiger partial charge in [-0.15, -0.1) is 0 Å². The second kappa shape index (κ2) is 6.51. The molecule has 2 aromatic rings. The number of carbonyl (C=O) groups excluding carboxylic acids is 1. The Kier molecular flexibility index (Phi) is 4.68. The molecule has 0 unspecified atom stereocenters. The number of hydrogen-bond acceptors (Lipinski definition) is 6. The summed E-state index contributed by atoms with van der Waals surface area (Å²) < 4.78 is 49.5. The van der Waals surface area contributed by atoms with Crippen molar-refractivity contribution in [1.82, 2.24) is 4.98 Å². The lowest BCUT2D eigenvalue weighted by molar-refractivity contribution is -0.138. The lowest BCUT2D eigenvalue weighted by atomic mass is 10.1. The summed E-state index contributed by atoms with van der Waals surface area (Å²) in [5, 5.41) is 0.273. The zero-order chi connectivity index (χ0) is 17.0. The van der Waals surface area contributed by atoms with Crippen LogP contribution in [0.3, 0.4) is 0 Å². The molecule has 2 N–H and O–H groups in total. The van der Waals surface area contributed by atoms with Gasteiger partial charge in [0.15, 0.2) is 11.5 Å². The highest BCUT2D eigenvalue weighted by Gasteiger charge is 2.41. The van der Waals surface area contributed by atoms with Gasteiger partial charge in [0.2, 0.25) is 0 Å². The van der Waals surface area contributed by atoms with Gasteiger partial charge in [-0.2, -0.15) is 13.2 Å². The van der Waals surface area contributed by atoms with Crippen molar-refractivity contribution in [3.63, 3.8) is 0 Å². The first-order valence-electron chi connectivity index (χ1n) is 6.46. The zero-order valence-corrected chi connectivity index (χ0v) is 11.9. The molecule has 0 fully saturated rings. The summed E-state index contributed by atoms with van der Waals surface area (Å²) in [4.78, 5) is 18.9. The van der Waals surface area contributed by atoms with E-state index in [-0.39, 0.29) is 17.8 Å². The number of aromatic nitrogens is 1. The summed E-state index contributed by atoms with van der Waals surface area (Å²) in [6.45, 7) is 1.36. The molecule has 2 heterocycles. The lowest BCUT2D eigenvalue weighted by Gasteiger charge is -2.12. The Balaban J connectivity index is 2.59. The molecule has 0 atom stereocenters. The number of fused-ring (bicyclic) bond motifs is 1. The fraction of sp³-hybridized carbons (Fsp3) is 0.214. The number of alkyl halides is 3. The second-order valence-electron chi connectivity index (χ2n) is 4.23. The highest BCUT2D eigenvalue weighted by atomic mass is 19.4. The van der Waals surface area contributed by atoms with Crippen LogP contribution >= 0.6 is 0 Å². The third-order valence-electron chi connectivity index (χ3n) is 2.76. The van der Waals surface area contributed by atoms with Crippen LogP contribution in [0, 0.1) is 0 Å². The number of carbonyl (C=O) groups is 1. The van der Waals surface area contributed by atoms with Gasteiger partial charge in [-0.25, -0.2) is 14.8 Å². The van der Waals surface area contributed by atoms with Gasteiger partial charge in [-0.3, -0.25) is 0 Å². The number of rotatable bonds is 4. The molecule has 0 bridgehead atoms. The van der Waals surface area contributed by atoms with Crippen molar-refractivity contribution in [2.45, 2.75) is 13.1 Å². The number of ether oxygens (including phenoxy) is 1. The number of nitrogens with two attached hydrogens (primary N) is 1. The number of aliphatic imine (C=N–C) groups is 1. The second-order valence-corrected chi connectivity index (χ2v) is 4.23. The van der Waals surface area contributed by atoms with Crippen molar-refractivity contribution in [3.8, 4) is 0 Å². The van der Waals surface area contributed by atoms with Crippen LogP contribution in [0.15, 0.2) is 45.8 Å². The summed E-state index contributed by atoms with van der Waals surface area (Å²) in [6.07, 6.45) is -1.87. The Bertz CT molecular complexity index is 778. The maximum Gasteiger partial charge on any atom is 0.434 e. The smallest absolute Gasteiger partial charge is 0.434 e. The molecule has 0 aliphatic heterocycles. The molecule has 0 saturated heterocycles. The summed E-state index contributed by atoms with van der Waals surface area (Å²) in [7, 11) is 0. The average molecular weight is 327 g/mol. The van der Waals surface area contributed by atoms with Crippen LogP contribution in [0.4, 0.5) is 19.0 Å². The van der Waals surface area contributed by atoms with E-state index in [1.807, 2.05) is 0 Å². The van der Waals surface area contributed by atoms with E-state index in [4.69, 9.17) is 10.2 Å².